The van der Waals surface area contributed by atoms with Crippen molar-refractivity contribution in [2.45, 2.75) is 6.92 Å². The minimum absolute atomic E-state index is 0.172. The van der Waals surface area contributed by atoms with Gasteiger partial charge < -0.3 is 15.4 Å². The molecule has 0 saturated carbocycles. The molecule has 0 unspecified atom stereocenters. The van der Waals surface area contributed by atoms with Crippen molar-refractivity contribution in [1.82, 2.24) is 0 Å². The number of nitrogens with zero attached hydrogens (tertiary/aromatic N) is 1. The SMILES string of the molecule is Cc1ccc(NC(=O)COc2ccccc2/C=C(\C#N)C(=O)Nc2ccc(F)cc2)cc1. The molecular weight excluding hydrogens is 409 g/mol. The Morgan fingerprint density at radius 2 is 1.59 bits per heavy atom. The molecule has 2 N–H and O–H groups in total. The first-order valence-electron chi connectivity index (χ1n) is 9.71. The van der Waals surface area contributed by atoms with Crippen LogP contribution in [0.4, 0.5) is 15.8 Å². The summed E-state index contributed by atoms with van der Waals surface area (Å²) < 4.78 is 18.6. The highest BCUT2D eigenvalue weighted by Crippen LogP contribution is 2.22. The Morgan fingerprint density at radius 3 is 2.28 bits per heavy atom. The van der Waals surface area contributed by atoms with Crippen LogP contribution < -0.4 is 15.4 Å². The maximum atomic E-state index is 13.0. The van der Waals surface area contributed by atoms with E-state index in [0.29, 0.717) is 22.7 Å². The number of carbonyl (C=O) groups excluding carboxylic acids is 2. The minimum atomic E-state index is -0.647. The standard InChI is InChI=1S/C25H20FN3O3/c1-17-6-10-21(11-7-17)28-24(30)16-32-23-5-3-2-4-18(23)14-19(15-27)25(31)29-22-12-8-20(26)9-13-22/h2-14H,16H2,1H3,(H,28,30)(H,29,31)/b19-14+. The monoisotopic (exact) mass is 429 g/mol. The van der Waals surface area contributed by atoms with Crippen LogP contribution in [0.1, 0.15) is 11.1 Å². The van der Waals surface area contributed by atoms with Crippen LogP contribution in [0.3, 0.4) is 0 Å². The lowest BCUT2D eigenvalue weighted by molar-refractivity contribution is -0.118. The van der Waals surface area contributed by atoms with E-state index in [2.05, 4.69) is 10.6 Å². The number of aryl methyl sites for hydroxylation is 1. The number of nitriles is 1. The van der Waals surface area contributed by atoms with Gasteiger partial charge in [-0.15, -0.1) is 0 Å². The van der Waals surface area contributed by atoms with Gasteiger partial charge in [-0.05, 0) is 55.5 Å². The van der Waals surface area contributed by atoms with Gasteiger partial charge >= 0.3 is 0 Å². The van der Waals surface area contributed by atoms with Gasteiger partial charge in [0.25, 0.3) is 11.8 Å². The van der Waals surface area contributed by atoms with Crippen molar-refractivity contribution in [3.8, 4) is 11.8 Å². The van der Waals surface area contributed by atoms with Gasteiger partial charge in [-0.2, -0.15) is 5.26 Å². The van der Waals surface area contributed by atoms with E-state index in [1.807, 2.05) is 25.1 Å². The molecule has 0 radical (unpaired) electrons. The molecule has 7 heteroatoms. The molecule has 0 aliphatic carbocycles. The Hall–Kier alpha value is -4.44. The molecule has 2 amide bonds. The molecule has 0 aliphatic rings. The van der Waals surface area contributed by atoms with E-state index >= 15 is 0 Å². The number of carbonyl (C=O) groups is 2. The summed E-state index contributed by atoms with van der Waals surface area (Å²) in [4.78, 5) is 24.6. The van der Waals surface area contributed by atoms with E-state index in [-0.39, 0.29) is 18.1 Å². The molecule has 0 aromatic heterocycles. The van der Waals surface area contributed by atoms with Crippen molar-refractivity contribution < 1.29 is 18.7 Å². The number of rotatable bonds is 7. The number of amides is 2. The topological polar surface area (TPSA) is 91.2 Å². The Kier molecular flexibility index (Phi) is 7.33. The highest BCUT2D eigenvalue weighted by molar-refractivity contribution is 6.09. The highest BCUT2D eigenvalue weighted by atomic mass is 19.1. The Labute approximate surface area is 185 Å². The quantitative estimate of drug-likeness (QED) is 0.421. The molecule has 3 rings (SSSR count). The van der Waals surface area contributed by atoms with Gasteiger partial charge in [-0.3, -0.25) is 9.59 Å². The first-order valence-corrected chi connectivity index (χ1v) is 9.71. The van der Waals surface area contributed by atoms with Crippen LogP contribution in [-0.2, 0) is 9.59 Å². The highest BCUT2D eigenvalue weighted by Gasteiger charge is 2.12. The summed E-state index contributed by atoms with van der Waals surface area (Å²) in [6.07, 6.45) is 1.37. The molecule has 0 spiro atoms. The predicted octanol–water partition coefficient (Wildman–Crippen LogP) is 4.70. The molecule has 0 saturated heterocycles. The lowest BCUT2D eigenvalue weighted by Crippen LogP contribution is -2.20. The Balaban J connectivity index is 1.68. The molecule has 6 nitrogen and oxygen atoms in total. The predicted molar refractivity (Wildman–Crippen MR) is 120 cm³/mol. The lowest BCUT2D eigenvalue weighted by atomic mass is 10.1. The van der Waals surface area contributed by atoms with Crippen molar-refractivity contribution in [3.63, 3.8) is 0 Å². The van der Waals surface area contributed by atoms with Crippen molar-refractivity contribution in [2.75, 3.05) is 17.2 Å². The van der Waals surface area contributed by atoms with Crippen LogP contribution >= 0.6 is 0 Å². The maximum Gasteiger partial charge on any atom is 0.266 e. The number of halogens is 1. The van der Waals surface area contributed by atoms with Gasteiger partial charge in [0.15, 0.2) is 6.61 Å². The largest absolute Gasteiger partial charge is 0.483 e. The molecular formula is C25H20FN3O3. The van der Waals surface area contributed by atoms with Gasteiger partial charge in [0.1, 0.15) is 23.2 Å². The molecule has 0 bridgehead atoms. The van der Waals surface area contributed by atoms with Crippen molar-refractivity contribution in [3.05, 3.63) is 95.3 Å². The fraction of sp³-hybridized carbons (Fsp3) is 0.0800. The number of ether oxygens (including phenoxy) is 1. The average Bonchev–Trinajstić information content (AvgIpc) is 2.79. The summed E-state index contributed by atoms with van der Waals surface area (Å²) in [6, 6.07) is 21.1. The Bertz CT molecular complexity index is 1180. The van der Waals surface area contributed by atoms with Gasteiger partial charge in [0.05, 0.1) is 0 Å². The third-order valence-electron chi connectivity index (χ3n) is 4.38. The van der Waals surface area contributed by atoms with E-state index in [0.717, 1.165) is 5.56 Å². The molecule has 160 valence electrons. The molecule has 0 aliphatic heterocycles. The zero-order valence-electron chi connectivity index (χ0n) is 17.3. The zero-order chi connectivity index (χ0) is 22.9. The number of nitrogens with one attached hydrogen (secondary N) is 2. The molecule has 0 atom stereocenters. The maximum absolute atomic E-state index is 13.0. The lowest BCUT2D eigenvalue weighted by Gasteiger charge is -2.10. The average molecular weight is 429 g/mol. The minimum Gasteiger partial charge on any atom is -0.483 e. The third kappa shape index (κ3) is 6.28. The first kappa shape index (κ1) is 22.2. The second-order valence-electron chi connectivity index (χ2n) is 6.87. The van der Waals surface area contributed by atoms with E-state index in [4.69, 9.17) is 4.74 Å². The molecule has 0 fully saturated rings. The zero-order valence-corrected chi connectivity index (χ0v) is 17.3. The smallest absolute Gasteiger partial charge is 0.266 e. The van der Waals surface area contributed by atoms with Crippen LogP contribution in [0.2, 0.25) is 0 Å². The molecule has 3 aromatic carbocycles. The number of hydrogen-bond donors (Lipinski definition) is 2. The van der Waals surface area contributed by atoms with Gasteiger partial charge in [0, 0.05) is 16.9 Å². The van der Waals surface area contributed by atoms with Gasteiger partial charge in [-0.25, -0.2) is 4.39 Å². The Morgan fingerprint density at radius 1 is 0.969 bits per heavy atom. The number of benzene rings is 3. The molecule has 32 heavy (non-hydrogen) atoms. The normalized spacial score (nSPS) is 10.7. The van der Waals surface area contributed by atoms with Crippen LogP contribution in [-0.4, -0.2) is 18.4 Å². The first-order chi connectivity index (χ1) is 15.4. The summed E-state index contributed by atoms with van der Waals surface area (Å²) in [5, 5.41) is 14.7. The van der Waals surface area contributed by atoms with Crippen molar-refractivity contribution in [1.29, 1.82) is 5.26 Å². The molecule has 3 aromatic rings. The van der Waals surface area contributed by atoms with Gasteiger partial charge in [-0.1, -0.05) is 35.9 Å². The van der Waals surface area contributed by atoms with Crippen molar-refractivity contribution >= 4 is 29.3 Å². The third-order valence-corrected chi connectivity index (χ3v) is 4.38. The van der Waals surface area contributed by atoms with E-state index in [1.165, 1.54) is 30.3 Å². The summed E-state index contributed by atoms with van der Waals surface area (Å²) in [6.45, 7) is 1.71. The van der Waals surface area contributed by atoms with E-state index < -0.39 is 11.7 Å². The fourth-order valence-corrected chi connectivity index (χ4v) is 2.74. The van der Waals surface area contributed by atoms with Gasteiger partial charge in [0.2, 0.25) is 0 Å². The van der Waals surface area contributed by atoms with E-state index in [9.17, 15) is 19.2 Å². The summed E-state index contributed by atoms with van der Waals surface area (Å²) in [5.41, 5.74) is 2.38. The van der Waals surface area contributed by atoms with Crippen LogP contribution in [0.15, 0.2) is 78.4 Å². The second kappa shape index (κ2) is 10.5. The summed E-state index contributed by atoms with van der Waals surface area (Å²) in [5.74, 6) is -1.08. The number of anilines is 2. The summed E-state index contributed by atoms with van der Waals surface area (Å²) >= 11 is 0. The fourth-order valence-electron chi connectivity index (χ4n) is 2.74. The number of hydrogen-bond acceptors (Lipinski definition) is 4. The number of para-hydroxylation sites is 1. The summed E-state index contributed by atoms with van der Waals surface area (Å²) in [7, 11) is 0. The van der Waals surface area contributed by atoms with Crippen LogP contribution in [0, 0.1) is 24.1 Å². The van der Waals surface area contributed by atoms with E-state index in [1.54, 1.807) is 36.4 Å². The van der Waals surface area contributed by atoms with Crippen molar-refractivity contribution in [2.24, 2.45) is 0 Å². The van der Waals surface area contributed by atoms with Crippen LogP contribution in [0.5, 0.6) is 5.75 Å². The second-order valence-corrected chi connectivity index (χ2v) is 6.87. The molecule has 0 heterocycles. The van der Waals surface area contributed by atoms with Crippen LogP contribution in [0.25, 0.3) is 6.08 Å².